The Morgan fingerprint density at radius 3 is 2.48 bits per heavy atom. The van der Waals surface area contributed by atoms with Gasteiger partial charge < -0.3 is 18.9 Å². The minimum atomic E-state index is -0.801. The van der Waals surface area contributed by atoms with Crippen LogP contribution in [0.2, 0.25) is 0 Å². The van der Waals surface area contributed by atoms with Crippen molar-refractivity contribution in [2.24, 2.45) is 7.05 Å². The molecule has 1 saturated heterocycles. The van der Waals surface area contributed by atoms with Crippen LogP contribution in [0, 0.1) is 0 Å². The molecule has 21 heavy (non-hydrogen) atoms. The van der Waals surface area contributed by atoms with E-state index in [2.05, 4.69) is 0 Å². The Hall–Kier alpha value is -1.82. The molecule has 0 bridgehead atoms. The highest BCUT2D eigenvalue weighted by molar-refractivity contribution is 5.91. The van der Waals surface area contributed by atoms with Gasteiger partial charge in [0.2, 0.25) is 0 Å². The molecule has 0 saturated carbocycles. The van der Waals surface area contributed by atoms with E-state index >= 15 is 0 Å². The molecule has 2 heterocycles. The van der Waals surface area contributed by atoms with Gasteiger partial charge in [-0.25, -0.2) is 4.79 Å². The Morgan fingerprint density at radius 1 is 1.33 bits per heavy atom. The fourth-order valence-corrected chi connectivity index (χ4v) is 2.56. The Labute approximate surface area is 124 Å². The number of hydrogen-bond acceptors (Lipinski definition) is 4. The van der Waals surface area contributed by atoms with Crippen LogP contribution >= 0.6 is 0 Å². The Bertz CT molecular complexity index is 515. The van der Waals surface area contributed by atoms with Gasteiger partial charge in [0.25, 0.3) is 5.91 Å². The molecule has 2 rings (SSSR count). The summed E-state index contributed by atoms with van der Waals surface area (Å²) in [5, 5.41) is 0. The maximum Gasteiger partial charge on any atom is 0.355 e. The summed E-state index contributed by atoms with van der Waals surface area (Å²) in [6, 6.07) is 3.42. The van der Waals surface area contributed by atoms with Gasteiger partial charge in [-0.1, -0.05) is 0 Å². The number of morpholine rings is 1. The lowest BCUT2D eigenvalue weighted by molar-refractivity contribution is -0.151. The number of aryl methyl sites for hydroxylation is 1. The van der Waals surface area contributed by atoms with Crippen molar-refractivity contribution in [3.63, 3.8) is 0 Å². The number of rotatable bonds is 3. The Balaban J connectivity index is 1.96. The first-order valence-corrected chi connectivity index (χ1v) is 7.15. The molecule has 1 aliphatic rings. The summed E-state index contributed by atoms with van der Waals surface area (Å²) in [7, 11) is 1.76. The monoisotopic (exact) mass is 294 g/mol. The van der Waals surface area contributed by atoms with Crippen molar-refractivity contribution in [1.82, 2.24) is 9.47 Å². The molecule has 116 valence electrons. The normalized spacial score (nSPS) is 23.7. The van der Waals surface area contributed by atoms with Crippen molar-refractivity contribution in [3.8, 4) is 0 Å². The van der Waals surface area contributed by atoms with Crippen LogP contribution in [0.25, 0.3) is 0 Å². The molecule has 1 aromatic rings. The second-order valence-electron chi connectivity index (χ2n) is 5.55. The molecule has 6 nitrogen and oxygen atoms in total. The van der Waals surface area contributed by atoms with Crippen LogP contribution in [0.4, 0.5) is 0 Å². The summed E-state index contributed by atoms with van der Waals surface area (Å²) in [6.07, 6.45) is 0.945. The standard InChI is InChI=1S/C15H22N2O4/c1-10-8-17(9-11(2)20-10)14(18)12(3)21-15(19)13-6-5-7-16(13)4/h5-7,10-12H,8-9H2,1-4H3. The molecule has 0 aromatic carbocycles. The summed E-state index contributed by atoms with van der Waals surface area (Å²) in [6.45, 7) is 6.51. The van der Waals surface area contributed by atoms with Gasteiger partial charge in [-0.05, 0) is 32.9 Å². The van der Waals surface area contributed by atoms with Crippen LogP contribution in [0.3, 0.4) is 0 Å². The summed E-state index contributed by atoms with van der Waals surface area (Å²) in [5.74, 6) is -0.669. The molecule has 0 radical (unpaired) electrons. The lowest BCUT2D eigenvalue weighted by atomic mass is 10.2. The average Bonchev–Trinajstić information content (AvgIpc) is 2.82. The molecule has 6 heteroatoms. The number of nitrogens with zero attached hydrogens (tertiary/aromatic N) is 2. The van der Waals surface area contributed by atoms with E-state index < -0.39 is 12.1 Å². The number of carbonyl (C=O) groups is 2. The maximum absolute atomic E-state index is 12.4. The maximum atomic E-state index is 12.4. The molecule has 3 atom stereocenters. The first-order chi connectivity index (χ1) is 9.88. The zero-order valence-corrected chi connectivity index (χ0v) is 12.9. The smallest absolute Gasteiger partial charge is 0.355 e. The highest BCUT2D eigenvalue weighted by atomic mass is 16.5. The van der Waals surface area contributed by atoms with Crippen molar-refractivity contribution in [2.75, 3.05) is 13.1 Å². The molecule has 1 fully saturated rings. The highest BCUT2D eigenvalue weighted by Gasteiger charge is 2.30. The van der Waals surface area contributed by atoms with E-state index in [1.165, 1.54) is 0 Å². The van der Waals surface area contributed by atoms with E-state index in [-0.39, 0.29) is 18.1 Å². The van der Waals surface area contributed by atoms with Crippen LogP contribution in [-0.4, -0.2) is 52.7 Å². The molecule has 0 spiro atoms. The zero-order valence-electron chi connectivity index (χ0n) is 12.9. The van der Waals surface area contributed by atoms with Crippen LogP contribution in [0.1, 0.15) is 31.3 Å². The number of hydrogen-bond donors (Lipinski definition) is 0. The van der Waals surface area contributed by atoms with Gasteiger partial charge in [0.1, 0.15) is 5.69 Å². The third kappa shape index (κ3) is 3.64. The number of carbonyl (C=O) groups excluding carboxylic acids is 2. The number of amides is 1. The summed E-state index contributed by atoms with van der Waals surface area (Å²) >= 11 is 0. The number of esters is 1. The summed E-state index contributed by atoms with van der Waals surface area (Å²) in [5.41, 5.74) is 0.429. The van der Waals surface area contributed by atoms with Gasteiger partial charge in [0.05, 0.1) is 12.2 Å². The fraction of sp³-hybridized carbons (Fsp3) is 0.600. The molecular formula is C15H22N2O4. The molecular weight excluding hydrogens is 272 g/mol. The SMILES string of the molecule is CC1CN(C(=O)C(C)OC(=O)c2cccn2C)CC(C)O1. The summed E-state index contributed by atoms with van der Waals surface area (Å²) < 4.78 is 12.5. The molecule has 0 N–H and O–H groups in total. The van der Waals surface area contributed by atoms with Crippen LogP contribution in [0.5, 0.6) is 0 Å². The predicted molar refractivity (Wildman–Crippen MR) is 76.9 cm³/mol. The first kappa shape index (κ1) is 15.6. The topological polar surface area (TPSA) is 60.8 Å². The minimum Gasteiger partial charge on any atom is -0.448 e. The Morgan fingerprint density at radius 2 is 1.95 bits per heavy atom. The number of ether oxygens (including phenoxy) is 2. The van der Waals surface area contributed by atoms with Crippen molar-refractivity contribution in [3.05, 3.63) is 24.0 Å². The van der Waals surface area contributed by atoms with E-state index in [1.807, 2.05) is 13.8 Å². The Kier molecular flexibility index (Phi) is 4.67. The molecule has 0 aliphatic carbocycles. The lowest BCUT2D eigenvalue weighted by Gasteiger charge is -2.36. The van der Waals surface area contributed by atoms with Crippen LogP contribution in [0.15, 0.2) is 18.3 Å². The first-order valence-electron chi connectivity index (χ1n) is 7.15. The summed E-state index contributed by atoms with van der Waals surface area (Å²) in [4.78, 5) is 26.1. The average molecular weight is 294 g/mol. The van der Waals surface area contributed by atoms with E-state index in [9.17, 15) is 9.59 Å². The van der Waals surface area contributed by atoms with Crippen molar-refractivity contribution in [1.29, 1.82) is 0 Å². The second-order valence-corrected chi connectivity index (χ2v) is 5.55. The molecule has 1 amide bonds. The van der Waals surface area contributed by atoms with E-state index in [0.29, 0.717) is 18.8 Å². The molecule has 1 aliphatic heterocycles. The predicted octanol–water partition coefficient (Wildman–Crippen LogP) is 1.21. The second kappa shape index (κ2) is 6.30. The van der Waals surface area contributed by atoms with Gasteiger partial charge in [0, 0.05) is 26.3 Å². The quantitative estimate of drug-likeness (QED) is 0.786. The van der Waals surface area contributed by atoms with Gasteiger partial charge in [-0.15, -0.1) is 0 Å². The van der Waals surface area contributed by atoms with Crippen molar-refractivity contribution >= 4 is 11.9 Å². The fourth-order valence-electron chi connectivity index (χ4n) is 2.56. The van der Waals surface area contributed by atoms with Crippen molar-refractivity contribution < 1.29 is 19.1 Å². The van der Waals surface area contributed by atoms with E-state index in [1.54, 1.807) is 41.8 Å². The zero-order chi connectivity index (χ0) is 15.6. The molecule has 3 unspecified atom stereocenters. The lowest BCUT2D eigenvalue weighted by Crippen LogP contribution is -2.51. The van der Waals surface area contributed by atoms with Crippen molar-refractivity contribution in [2.45, 2.75) is 39.1 Å². The largest absolute Gasteiger partial charge is 0.448 e. The van der Waals surface area contributed by atoms with E-state index in [4.69, 9.17) is 9.47 Å². The third-order valence-electron chi connectivity index (χ3n) is 3.52. The van der Waals surface area contributed by atoms with Gasteiger partial charge in [-0.3, -0.25) is 4.79 Å². The van der Waals surface area contributed by atoms with Gasteiger partial charge in [0.15, 0.2) is 6.10 Å². The third-order valence-corrected chi connectivity index (χ3v) is 3.52. The van der Waals surface area contributed by atoms with E-state index in [0.717, 1.165) is 0 Å². The van der Waals surface area contributed by atoms with Gasteiger partial charge in [-0.2, -0.15) is 0 Å². The minimum absolute atomic E-state index is 0.00604. The highest BCUT2D eigenvalue weighted by Crippen LogP contribution is 2.13. The van der Waals surface area contributed by atoms with Gasteiger partial charge >= 0.3 is 5.97 Å². The molecule has 1 aromatic heterocycles. The van der Waals surface area contributed by atoms with Crippen LogP contribution < -0.4 is 0 Å². The number of aromatic nitrogens is 1. The van der Waals surface area contributed by atoms with Crippen LogP contribution in [-0.2, 0) is 21.3 Å².